The second-order valence-electron chi connectivity index (χ2n) is 5.52. The lowest BCUT2D eigenvalue weighted by atomic mass is 10.1. The number of fused-ring (bicyclic) bond motifs is 1. The van der Waals surface area contributed by atoms with Crippen LogP contribution in [0.2, 0.25) is 10.3 Å². The van der Waals surface area contributed by atoms with Gasteiger partial charge in [0, 0.05) is 24.7 Å². The molecule has 3 aromatic heterocycles. The van der Waals surface area contributed by atoms with Gasteiger partial charge in [0.25, 0.3) is 0 Å². The summed E-state index contributed by atoms with van der Waals surface area (Å²) < 4.78 is 3.74. The van der Waals surface area contributed by atoms with Gasteiger partial charge in [0.2, 0.25) is 0 Å². The van der Waals surface area contributed by atoms with Crippen LogP contribution in [0, 0.1) is 0 Å². The molecular weight excluding hydrogens is 345 g/mol. The average molecular weight is 358 g/mol. The third kappa shape index (κ3) is 3.13. The van der Waals surface area contributed by atoms with Crippen LogP contribution in [0.4, 0.5) is 0 Å². The maximum atomic E-state index is 6.11. The van der Waals surface area contributed by atoms with Crippen molar-refractivity contribution in [1.82, 2.24) is 24.5 Å². The number of hydrogen-bond donors (Lipinski definition) is 0. The van der Waals surface area contributed by atoms with Gasteiger partial charge in [0.05, 0.1) is 24.0 Å². The van der Waals surface area contributed by atoms with Crippen LogP contribution in [0.25, 0.3) is 10.9 Å². The van der Waals surface area contributed by atoms with E-state index in [0.717, 1.165) is 23.0 Å². The molecule has 0 saturated carbocycles. The van der Waals surface area contributed by atoms with Crippen molar-refractivity contribution >= 4 is 34.1 Å². The Bertz CT molecular complexity index is 974. The minimum Gasteiger partial charge on any atom is -0.268 e. The SMILES string of the molecule is Clc1cc2nn(Cc3ccc(Cn4cccn4)cc3)cc2c(Cl)n1. The Morgan fingerprint density at radius 3 is 2.33 bits per heavy atom. The molecule has 7 heteroatoms. The number of pyridine rings is 1. The molecule has 0 radical (unpaired) electrons. The van der Waals surface area contributed by atoms with Gasteiger partial charge in [-0.2, -0.15) is 10.2 Å². The quantitative estimate of drug-likeness (QED) is 0.518. The first-order valence-electron chi connectivity index (χ1n) is 7.42. The number of benzene rings is 1. The molecule has 24 heavy (non-hydrogen) atoms. The van der Waals surface area contributed by atoms with E-state index in [2.05, 4.69) is 39.4 Å². The van der Waals surface area contributed by atoms with Crippen LogP contribution >= 0.6 is 23.2 Å². The molecule has 0 aliphatic rings. The zero-order chi connectivity index (χ0) is 16.5. The molecule has 0 amide bonds. The average Bonchev–Trinajstić information content (AvgIpc) is 3.19. The van der Waals surface area contributed by atoms with Crippen molar-refractivity contribution < 1.29 is 0 Å². The fourth-order valence-corrected chi connectivity index (χ4v) is 3.07. The van der Waals surface area contributed by atoms with E-state index in [-0.39, 0.29) is 0 Å². The summed E-state index contributed by atoms with van der Waals surface area (Å²) in [4.78, 5) is 4.04. The second kappa shape index (κ2) is 6.26. The van der Waals surface area contributed by atoms with Crippen molar-refractivity contribution in [1.29, 1.82) is 0 Å². The summed E-state index contributed by atoms with van der Waals surface area (Å²) in [7, 11) is 0. The van der Waals surface area contributed by atoms with Gasteiger partial charge >= 0.3 is 0 Å². The highest BCUT2D eigenvalue weighted by molar-refractivity contribution is 6.36. The van der Waals surface area contributed by atoms with E-state index in [4.69, 9.17) is 23.2 Å². The maximum absolute atomic E-state index is 6.11. The zero-order valence-electron chi connectivity index (χ0n) is 12.6. The molecule has 1 aromatic carbocycles. The number of halogens is 2. The van der Waals surface area contributed by atoms with Crippen LogP contribution in [0.3, 0.4) is 0 Å². The van der Waals surface area contributed by atoms with Gasteiger partial charge in [0.1, 0.15) is 10.3 Å². The molecule has 3 heterocycles. The van der Waals surface area contributed by atoms with Crippen molar-refractivity contribution in [3.63, 3.8) is 0 Å². The van der Waals surface area contributed by atoms with Crippen molar-refractivity contribution in [2.24, 2.45) is 0 Å². The molecule has 120 valence electrons. The van der Waals surface area contributed by atoms with Gasteiger partial charge in [0.15, 0.2) is 0 Å². The largest absolute Gasteiger partial charge is 0.268 e. The van der Waals surface area contributed by atoms with E-state index in [1.807, 2.05) is 27.8 Å². The highest BCUT2D eigenvalue weighted by atomic mass is 35.5. The lowest BCUT2D eigenvalue weighted by Crippen LogP contribution is -2.02. The molecule has 0 aliphatic heterocycles. The molecule has 0 saturated heterocycles. The summed E-state index contributed by atoms with van der Waals surface area (Å²) in [6.45, 7) is 1.42. The second-order valence-corrected chi connectivity index (χ2v) is 6.26. The van der Waals surface area contributed by atoms with Crippen molar-refractivity contribution in [3.05, 3.63) is 76.4 Å². The van der Waals surface area contributed by atoms with E-state index >= 15 is 0 Å². The molecule has 0 atom stereocenters. The van der Waals surface area contributed by atoms with Gasteiger partial charge in [-0.1, -0.05) is 47.5 Å². The normalized spacial score (nSPS) is 11.2. The van der Waals surface area contributed by atoms with Crippen LogP contribution in [0.15, 0.2) is 55.0 Å². The summed E-state index contributed by atoms with van der Waals surface area (Å²) in [6, 6.07) is 12.0. The lowest BCUT2D eigenvalue weighted by Gasteiger charge is -2.05. The van der Waals surface area contributed by atoms with Crippen LogP contribution in [-0.4, -0.2) is 24.5 Å². The predicted octanol–water partition coefficient (Wildman–Crippen LogP) is 4.03. The van der Waals surface area contributed by atoms with E-state index in [0.29, 0.717) is 16.9 Å². The van der Waals surface area contributed by atoms with Crippen molar-refractivity contribution in [3.8, 4) is 0 Å². The smallest absolute Gasteiger partial charge is 0.141 e. The third-order valence-corrected chi connectivity index (χ3v) is 4.23. The predicted molar refractivity (Wildman–Crippen MR) is 94.4 cm³/mol. The van der Waals surface area contributed by atoms with Crippen LogP contribution in [0.5, 0.6) is 0 Å². The molecule has 0 bridgehead atoms. The Labute approximate surface area is 148 Å². The van der Waals surface area contributed by atoms with Gasteiger partial charge in [-0.25, -0.2) is 4.98 Å². The molecule has 0 aliphatic carbocycles. The fraction of sp³-hybridized carbons (Fsp3) is 0.118. The maximum Gasteiger partial charge on any atom is 0.141 e. The Morgan fingerprint density at radius 2 is 1.67 bits per heavy atom. The van der Waals surface area contributed by atoms with Gasteiger partial charge < -0.3 is 0 Å². The highest BCUT2D eigenvalue weighted by Gasteiger charge is 2.08. The molecule has 0 N–H and O–H groups in total. The Hall–Kier alpha value is -2.37. The van der Waals surface area contributed by atoms with Crippen molar-refractivity contribution in [2.45, 2.75) is 13.1 Å². The molecule has 4 rings (SSSR count). The third-order valence-electron chi connectivity index (χ3n) is 3.74. The minimum absolute atomic E-state index is 0.348. The highest BCUT2D eigenvalue weighted by Crippen LogP contribution is 2.24. The summed E-state index contributed by atoms with van der Waals surface area (Å²) >= 11 is 12.0. The Kier molecular flexibility index (Phi) is 3.96. The van der Waals surface area contributed by atoms with Crippen molar-refractivity contribution in [2.75, 3.05) is 0 Å². The number of nitrogens with zero attached hydrogens (tertiary/aromatic N) is 5. The Morgan fingerprint density at radius 1 is 0.958 bits per heavy atom. The summed E-state index contributed by atoms with van der Waals surface area (Å²) in [5.74, 6) is 0. The van der Waals surface area contributed by atoms with E-state index in [9.17, 15) is 0 Å². The molecule has 5 nitrogen and oxygen atoms in total. The number of aromatic nitrogens is 5. The lowest BCUT2D eigenvalue weighted by molar-refractivity contribution is 0.682. The van der Waals surface area contributed by atoms with E-state index in [1.165, 1.54) is 5.56 Å². The molecule has 0 fully saturated rings. The topological polar surface area (TPSA) is 48.5 Å². The van der Waals surface area contributed by atoms with E-state index in [1.54, 1.807) is 12.3 Å². The first-order chi connectivity index (χ1) is 11.7. The number of hydrogen-bond acceptors (Lipinski definition) is 3. The van der Waals surface area contributed by atoms with Crippen LogP contribution < -0.4 is 0 Å². The first-order valence-corrected chi connectivity index (χ1v) is 8.17. The zero-order valence-corrected chi connectivity index (χ0v) is 14.1. The Balaban J connectivity index is 1.53. The monoisotopic (exact) mass is 357 g/mol. The summed E-state index contributed by atoms with van der Waals surface area (Å²) in [5, 5.41) is 10.2. The summed E-state index contributed by atoms with van der Waals surface area (Å²) in [6.07, 6.45) is 5.62. The van der Waals surface area contributed by atoms with Crippen LogP contribution in [-0.2, 0) is 13.1 Å². The van der Waals surface area contributed by atoms with Crippen LogP contribution in [0.1, 0.15) is 11.1 Å². The van der Waals surface area contributed by atoms with E-state index < -0.39 is 0 Å². The molecular formula is C17H13Cl2N5. The molecule has 0 unspecified atom stereocenters. The van der Waals surface area contributed by atoms with Gasteiger partial charge in [-0.05, 0) is 17.2 Å². The number of rotatable bonds is 4. The van der Waals surface area contributed by atoms with Gasteiger partial charge in [-0.15, -0.1) is 0 Å². The molecule has 0 spiro atoms. The molecule has 4 aromatic rings. The minimum atomic E-state index is 0.348. The first kappa shape index (κ1) is 15.2. The fourth-order valence-electron chi connectivity index (χ4n) is 2.60. The summed E-state index contributed by atoms with van der Waals surface area (Å²) in [5.41, 5.74) is 3.10. The van der Waals surface area contributed by atoms with Gasteiger partial charge in [-0.3, -0.25) is 9.36 Å². The standard InChI is InChI=1S/C17H13Cl2N5/c18-16-8-15-14(17(19)21-16)11-24(22-15)10-13-4-2-12(3-5-13)9-23-7-1-6-20-23/h1-8,11H,9-10H2.